The number of primary amides is 1. The molecule has 2 aromatic rings. The van der Waals surface area contributed by atoms with Crippen molar-refractivity contribution in [2.45, 2.75) is 13.0 Å². The maximum Gasteiger partial charge on any atom is 0.248 e. The van der Waals surface area contributed by atoms with Gasteiger partial charge in [-0.3, -0.25) is 4.79 Å². The summed E-state index contributed by atoms with van der Waals surface area (Å²) in [6, 6.07) is 6.67. The summed E-state index contributed by atoms with van der Waals surface area (Å²) < 4.78 is 1.52. The van der Waals surface area contributed by atoms with Crippen molar-refractivity contribution in [3.05, 3.63) is 46.1 Å². The van der Waals surface area contributed by atoms with E-state index in [9.17, 15) is 4.79 Å². The average molecular weight is 291 g/mol. The molecule has 7 nitrogen and oxygen atoms in total. The molecule has 2 heterocycles. The molecule has 0 aliphatic carbocycles. The number of rotatable bonds is 2. The van der Waals surface area contributed by atoms with Gasteiger partial charge in [0.2, 0.25) is 11.9 Å². The number of hydrogen-bond acceptors (Lipinski definition) is 5. The fraction of sp³-hybridized carbons (Fsp3) is 0.167. The second-order valence-corrected chi connectivity index (χ2v) is 4.87. The van der Waals surface area contributed by atoms with Crippen LogP contribution in [0.3, 0.4) is 0 Å². The average Bonchev–Trinajstić information content (AvgIpc) is 2.85. The second kappa shape index (κ2) is 4.61. The fourth-order valence-corrected chi connectivity index (χ4v) is 2.41. The van der Waals surface area contributed by atoms with Gasteiger partial charge in [-0.05, 0) is 35.0 Å². The molecule has 0 saturated heterocycles. The molecule has 0 saturated carbocycles. The van der Waals surface area contributed by atoms with Crippen molar-refractivity contribution >= 4 is 23.5 Å². The lowest BCUT2D eigenvalue weighted by molar-refractivity contribution is -0.115. The Morgan fingerprint density at radius 1 is 1.40 bits per heavy atom. The van der Waals surface area contributed by atoms with Crippen LogP contribution >= 0.6 is 11.6 Å². The number of aromatic nitrogens is 4. The number of carbonyl (C=O) groups excluding carboxylic acids is 1. The van der Waals surface area contributed by atoms with Crippen molar-refractivity contribution in [2.75, 3.05) is 5.32 Å². The summed E-state index contributed by atoms with van der Waals surface area (Å²) in [7, 11) is 0. The topological polar surface area (TPSA) is 98.7 Å². The first-order chi connectivity index (χ1) is 9.58. The van der Waals surface area contributed by atoms with Crippen LogP contribution in [0.15, 0.2) is 35.5 Å². The predicted molar refractivity (Wildman–Crippen MR) is 72.9 cm³/mol. The summed E-state index contributed by atoms with van der Waals surface area (Å²) in [4.78, 5) is 11.8. The molecular weight excluding hydrogens is 280 g/mol. The lowest BCUT2D eigenvalue weighted by Crippen LogP contribution is -2.31. The highest BCUT2D eigenvalue weighted by molar-refractivity contribution is 6.30. The zero-order chi connectivity index (χ0) is 14.3. The van der Waals surface area contributed by atoms with E-state index in [2.05, 4.69) is 20.8 Å². The van der Waals surface area contributed by atoms with Crippen LogP contribution in [0.2, 0.25) is 5.02 Å². The van der Waals surface area contributed by atoms with E-state index < -0.39 is 11.9 Å². The number of hydrogen-bond donors (Lipinski definition) is 2. The van der Waals surface area contributed by atoms with Gasteiger partial charge in [0, 0.05) is 10.7 Å². The normalized spacial score (nSPS) is 17.6. The molecule has 1 atom stereocenters. The van der Waals surface area contributed by atoms with Crippen molar-refractivity contribution in [1.29, 1.82) is 0 Å². The molecule has 0 bridgehead atoms. The molecule has 8 heteroatoms. The van der Waals surface area contributed by atoms with Crippen molar-refractivity contribution < 1.29 is 4.79 Å². The minimum atomic E-state index is -0.518. The molecule has 0 radical (unpaired) electrons. The third-order valence-electron chi connectivity index (χ3n) is 3.17. The number of nitrogens with zero attached hydrogens (tertiary/aromatic N) is 4. The summed E-state index contributed by atoms with van der Waals surface area (Å²) >= 11 is 5.89. The Morgan fingerprint density at radius 3 is 2.75 bits per heavy atom. The number of tetrazole rings is 1. The van der Waals surface area contributed by atoms with E-state index in [1.54, 1.807) is 19.1 Å². The Kier molecular flexibility index (Phi) is 2.90. The largest absolute Gasteiger partial charge is 0.366 e. The van der Waals surface area contributed by atoms with Crippen LogP contribution in [0.4, 0.5) is 5.95 Å². The third kappa shape index (κ3) is 1.92. The van der Waals surface area contributed by atoms with Crippen LogP contribution in [-0.2, 0) is 4.79 Å². The van der Waals surface area contributed by atoms with E-state index in [0.29, 0.717) is 22.2 Å². The molecule has 1 amide bonds. The standard InChI is InChI=1S/C12H11ClN6O/c1-6-9(11(14)20)10(7-2-4-8(13)5-3-7)19-12(15-6)16-17-18-19/h2-5,10H,1H3,(H2,14,20)(H,15,16,18)/t10-/m1/s1. The molecule has 3 rings (SSSR count). The van der Waals surface area contributed by atoms with Crippen molar-refractivity contribution in [3.8, 4) is 0 Å². The van der Waals surface area contributed by atoms with Gasteiger partial charge in [0.15, 0.2) is 0 Å². The minimum absolute atomic E-state index is 0.423. The van der Waals surface area contributed by atoms with Crippen LogP contribution in [-0.4, -0.2) is 26.1 Å². The Bertz CT molecular complexity index is 705. The van der Waals surface area contributed by atoms with Crippen molar-refractivity contribution in [2.24, 2.45) is 5.73 Å². The number of fused-ring (bicyclic) bond motifs is 1. The molecule has 1 aliphatic rings. The number of nitrogens with one attached hydrogen (secondary N) is 1. The molecule has 1 aromatic heterocycles. The number of allylic oxidation sites excluding steroid dienone is 1. The summed E-state index contributed by atoms with van der Waals surface area (Å²) in [5.41, 5.74) is 7.39. The van der Waals surface area contributed by atoms with Gasteiger partial charge in [-0.25, -0.2) is 0 Å². The first-order valence-corrected chi connectivity index (χ1v) is 6.26. The van der Waals surface area contributed by atoms with Crippen LogP contribution in [0, 0.1) is 0 Å². The maximum absolute atomic E-state index is 11.8. The highest BCUT2D eigenvalue weighted by Crippen LogP contribution is 2.34. The minimum Gasteiger partial charge on any atom is -0.366 e. The van der Waals surface area contributed by atoms with Gasteiger partial charge < -0.3 is 11.1 Å². The SMILES string of the molecule is CC1=C(C(N)=O)[C@@H](c2ccc(Cl)cc2)n2nnnc2N1. The van der Waals surface area contributed by atoms with E-state index in [1.165, 1.54) is 4.68 Å². The molecule has 1 aromatic carbocycles. The Morgan fingerprint density at radius 2 is 2.10 bits per heavy atom. The van der Waals surface area contributed by atoms with Gasteiger partial charge in [0.05, 0.1) is 5.57 Å². The molecule has 20 heavy (non-hydrogen) atoms. The molecule has 0 unspecified atom stereocenters. The number of anilines is 1. The molecule has 0 spiro atoms. The Hall–Kier alpha value is -2.41. The van der Waals surface area contributed by atoms with Crippen LogP contribution < -0.4 is 11.1 Å². The zero-order valence-corrected chi connectivity index (χ0v) is 11.3. The molecule has 1 aliphatic heterocycles. The number of amides is 1. The molecule has 0 fully saturated rings. The van der Waals surface area contributed by atoms with Gasteiger partial charge in [0.1, 0.15) is 6.04 Å². The highest BCUT2D eigenvalue weighted by atomic mass is 35.5. The Balaban J connectivity index is 2.19. The number of benzene rings is 1. The third-order valence-corrected chi connectivity index (χ3v) is 3.42. The summed E-state index contributed by atoms with van der Waals surface area (Å²) in [6.45, 7) is 1.77. The summed E-state index contributed by atoms with van der Waals surface area (Å²) in [5.74, 6) is -0.0523. The zero-order valence-electron chi connectivity index (χ0n) is 10.5. The van der Waals surface area contributed by atoms with Crippen LogP contribution in [0.5, 0.6) is 0 Å². The van der Waals surface area contributed by atoms with E-state index in [4.69, 9.17) is 17.3 Å². The first kappa shape index (κ1) is 12.6. The van der Waals surface area contributed by atoms with E-state index in [-0.39, 0.29) is 0 Å². The van der Waals surface area contributed by atoms with Gasteiger partial charge in [-0.1, -0.05) is 28.8 Å². The summed E-state index contributed by atoms with van der Waals surface area (Å²) in [5, 5.41) is 15.0. The lowest BCUT2D eigenvalue weighted by Gasteiger charge is -2.26. The van der Waals surface area contributed by atoms with Crippen LogP contribution in [0.25, 0.3) is 0 Å². The number of carbonyl (C=O) groups is 1. The van der Waals surface area contributed by atoms with E-state index >= 15 is 0 Å². The predicted octanol–water partition coefficient (Wildman–Crippen LogP) is 1.10. The van der Waals surface area contributed by atoms with E-state index in [1.807, 2.05) is 12.1 Å². The van der Waals surface area contributed by atoms with Crippen molar-refractivity contribution in [3.63, 3.8) is 0 Å². The van der Waals surface area contributed by atoms with Crippen LogP contribution in [0.1, 0.15) is 18.5 Å². The quantitative estimate of drug-likeness (QED) is 0.863. The number of nitrogens with two attached hydrogens (primary N) is 1. The maximum atomic E-state index is 11.8. The highest BCUT2D eigenvalue weighted by Gasteiger charge is 2.32. The first-order valence-electron chi connectivity index (χ1n) is 5.89. The Labute approximate surface area is 119 Å². The summed E-state index contributed by atoms with van der Waals surface area (Å²) in [6.07, 6.45) is 0. The molecule has 3 N–H and O–H groups in total. The van der Waals surface area contributed by atoms with E-state index in [0.717, 1.165) is 5.56 Å². The smallest absolute Gasteiger partial charge is 0.248 e. The van der Waals surface area contributed by atoms with Gasteiger partial charge >= 0.3 is 0 Å². The fourth-order valence-electron chi connectivity index (χ4n) is 2.28. The monoisotopic (exact) mass is 290 g/mol. The molecule has 102 valence electrons. The van der Waals surface area contributed by atoms with Gasteiger partial charge in [0.25, 0.3) is 0 Å². The second-order valence-electron chi connectivity index (χ2n) is 4.43. The molecular formula is C12H11ClN6O. The van der Waals surface area contributed by atoms with Crippen molar-refractivity contribution in [1.82, 2.24) is 20.2 Å². The van der Waals surface area contributed by atoms with Gasteiger partial charge in [-0.2, -0.15) is 4.68 Å². The van der Waals surface area contributed by atoms with Gasteiger partial charge in [-0.15, -0.1) is 0 Å². The lowest BCUT2D eigenvalue weighted by atomic mass is 9.95. The number of halogens is 1.